The molecular formula is C6H14N2. The fraction of sp³-hybridized carbons (Fsp3) is 1.00. The van der Waals surface area contributed by atoms with E-state index in [0.29, 0.717) is 0 Å². The molecule has 0 aromatic heterocycles. The molecule has 0 saturated heterocycles. The first-order valence-electron chi connectivity index (χ1n) is 3.31. The van der Waals surface area contributed by atoms with Crippen LogP contribution in [0.15, 0.2) is 0 Å². The van der Waals surface area contributed by atoms with Gasteiger partial charge in [0.15, 0.2) is 0 Å². The summed E-state index contributed by atoms with van der Waals surface area (Å²) in [5.74, 6) is 0. The van der Waals surface area contributed by atoms with E-state index in [1.807, 2.05) is 7.05 Å². The maximum Gasteiger partial charge on any atom is 0.0453 e. The van der Waals surface area contributed by atoms with Crippen LogP contribution in [0.2, 0.25) is 0 Å². The zero-order valence-corrected chi connectivity index (χ0v) is 5.41. The molecule has 1 rings (SSSR count). The molecule has 8 heavy (non-hydrogen) atoms. The Bertz CT molecular complexity index is 59.5. The van der Waals surface area contributed by atoms with Crippen LogP contribution in [0.1, 0.15) is 19.3 Å². The zero-order chi connectivity index (χ0) is 5.82. The summed E-state index contributed by atoms with van der Waals surface area (Å²) in [5, 5.41) is 6.41. The van der Waals surface area contributed by atoms with Gasteiger partial charge in [0.2, 0.25) is 0 Å². The number of hydrogen-bond acceptors (Lipinski definition) is 2. The Hall–Kier alpha value is -0.0800. The molecule has 2 nitrogen and oxygen atoms in total. The van der Waals surface area contributed by atoms with Crippen molar-refractivity contribution in [2.45, 2.75) is 25.3 Å². The summed E-state index contributed by atoms with van der Waals surface area (Å²) in [6.45, 7) is 0.963. The van der Waals surface area contributed by atoms with Crippen molar-refractivity contribution in [3.05, 3.63) is 0 Å². The lowest BCUT2D eigenvalue weighted by molar-refractivity contribution is 0.335. The van der Waals surface area contributed by atoms with Crippen LogP contribution in [-0.2, 0) is 0 Å². The van der Waals surface area contributed by atoms with Gasteiger partial charge in [-0.05, 0) is 19.9 Å². The van der Waals surface area contributed by atoms with Gasteiger partial charge in [-0.3, -0.25) is 0 Å². The number of nitrogens with one attached hydrogen (secondary N) is 2. The van der Waals surface area contributed by atoms with Crippen molar-refractivity contribution in [2.75, 3.05) is 13.7 Å². The molecule has 2 heteroatoms. The van der Waals surface area contributed by atoms with Gasteiger partial charge in [0.25, 0.3) is 0 Å². The first-order chi connectivity index (χ1) is 3.93. The fourth-order valence-corrected chi connectivity index (χ4v) is 0.859. The van der Waals surface area contributed by atoms with Crippen LogP contribution in [0.4, 0.5) is 0 Å². The van der Waals surface area contributed by atoms with Gasteiger partial charge in [0.1, 0.15) is 0 Å². The van der Waals surface area contributed by atoms with Gasteiger partial charge < -0.3 is 10.6 Å². The normalized spacial score (nSPS) is 20.6. The average Bonchev–Trinajstić information content (AvgIpc) is 1.63. The maximum atomic E-state index is 3.36. The molecule has 0 aromatic carbocycles. The van der Waals surface area contributed by atoms with Gasteiger partial charge in [0.05, 0.1) is 0 Å². The maximum absolute atomic E-state index is 3.36. The number of rotatable bonds is 3. The van der Waals surface area contributed by atoms with E-state index in [9.17, 15) is 0 Å². The minimum Gasteiger partial charge on any atom is -0.308 e. The van der Waals surface area contributed by atoms with Crippen LogP contribution < -0.4 is 10.6 Å². The van der Waals surface area contributed by atoms with Crippen molar-refractivity contribution in [1.29, 1.82) is 0 Å². The highest BCUT2D eigenvalue weighted by Crippen LogP contribution is 2.17. The van der Waals surface area contributed by atoms with E-state index in [2.05, 4.69) is 10.6 Å². The van der Waals surface area contributed by atoms with Gasteiger partial charge in [-0.2, -0.15) is 0 Å². The molecule has 0 heterocycles. The first kappa shape index (κ1) is 6.05. The van der Waals surface area contributed by atoms with Gasteiger partial charge >= 0.3 is 0 Å². The molecule has 1 saturated carbocycles. The van der Waals surface area contributed by atoms with E-state index >= 15 is 0 Å². The lowest BCUT2D eigenvalue weighted by atomic mass is 9.93. The molecule has 48 valence electrons. The Balaban J connectivity index is 1.86. The fourth-order valence-electron chi connectivity index (χ4n) is 0.859. The SMILES string of the molecule is CNCNC1CCC1. The third-order valence-corrected chi connectivity index (χ3v) is 1.67. The summed E-state index contributed by atoms with van der Waals surface area (Å²) in [6, 6.07) is 0.822. The Morgan fingerprint density at radius 1 is 1.50 bits per heavy atom. The molecule has 0 bridgehead atoms. The molecule has 0 unspecified atom stereocenters. The van der Waals surface area contributed by atoms with Gasteiger partial charge in [-0.15, -0.1) is 0 Å². The van der Waals surface area contributed by atoms with E-state index in [0.717, 1.165) is 12.7 Å². The molecule has 0 atom stereocenters. The standard InChI is InChI=1S/C6H14N2/c1-7-5-8-6-3-2-4-6/h6-8H,2-5H2,1H3. The molecule has 0 aromatic rings. The summed E-state index contributed by atoms with van der Waals surface area (Å²) >= 11 is 0. The van der Waals surface area contributed by atoms with Crippen LogP contribution in [0.25, 0.3) is 0 Å². The van der Waals surface area contributed by atoms with Crippen LogP contribution in [0.3, 0.4) is 0 Å². The third kappa shape index (κ3) is 1.46. The van der Waals surface area contributed by atoms with E-state index < -0.39 is 0 Å². The molecule has 0 spiro atoms. The minimum atomic E-state index is 0.822. The van der Waals surface area contributed by atoms with Crippen LogP contribution in [0.5, 0.6) is 0 Å². The van der Waals surface area contributed by atoms with Crippen molar-refractivity contribution in [1.82, 2.24) is 10.6 Å². The zero-order valence-electron chi connectivity index (χ0n) is 5.41. The van der Waals surface area contributed by atoms with Crippen LogP contribution in [0, 0.1) is 0 Å². The third-order valence-electron chi connectivity index (χ3n) is 1.67. The van der Waals surface area contributed by atoms with Crippen molar-refractivity contribution >= 4 is 0 Å². The second-order valence-corrected chi connectivity index (χ2v) is 2.36. The van der Waals surface area contributed by atoms with Crippen molar-refractivity contribution < 1.29 is 0 Å². The van der Waals surface area contributed by atoms with E-state index in [4.69, 9.17) is 0 Å². The topological polar surface area (TPSA) is 24.1 Å². The van der Waals surface area contributed by atoms with E-state index in [1.165, 1.54) is 19.3 Å². The van der Waals surface area contributed by atoms with Crippen molar-refractivity contribution in [3.8, 4) is 0 Å². The second kappa shape index (κ2) is 3.05. The summed E-state index contributed by atoms with van der Waals surface area (Å²) in [6.07, 6.45) is 4.17. The predicted molar refractivity (Wildman–Crippen MR) is 34.7 cm³/mol. The van der Waals surface area contributed by atoms with Crippen molar-refractivity contribution in [3.63, 3.8) is 0 Å². The summed E-state index contributed by atoms with van der Waals surface area (Å²) < 4.78 is 0. The molecule has 2 N–H and O–H groups in total. The Morgan fingerprint density at radius 2 is 2.25 bits per heavy atom. The summed E-state index contributed by atoms with van der Waals surface area (Å²) in [7, 11) is 1.96. The van der Waals surface area contributed by atoms with Crippen LogP contribution in [-0.4, -0.2) is 19.8 Å². The molecular weight excluding hydrogens is 100 g/mol. The minimum absolute atomic E-state index is 0.822. The Labute approximate surface area is 50.7 Å². The number of hydrogen-bond donors (Lipinski definition) is 2. The quantitative estimate of drug-likeness (QED) is 0.516. The highest BCUT2D eigenvalue weighted by molar-refractivity contribution is 4.75. The second-order valence-electron chi connectivity index (χ2n) is 2.36. The lowest BCUT2D eigenvalue weighted by Crippen LogP contribution is -2.39. The highest BCUT2D eigenvalue weighted by Gasteiger charge is 2.14. The Kier molecular flexibility index (Phi) is 2.30. The first-order valence-corrected chi connectivity index (χ1v) is 3.31. The molecule has 0 amide bonds. The molecule has 1 fully saturated rings. The Morgan fingerprint density at radius 3 is 2.62 bits per heavy atom. The van der Waals surface area contributed by atoms with Crippen LogP contribution >= 0.6 is 0 Å². The lowest BCUT2D eigenvalue weighted by Gasteiger charge is -2.26. The molecule has 1 aliphatic rings. The van der Waals surface area contributed by atoms with Gasteiger partial charge in [-0.25, -0.2) is 0 Å². The summed E-state index contributed by atoms with van der Waals surface area (Å²) in [5.41, 5.74) is 0. The highest BCUT2D eigenvalue weighted by atomic mass is 15.1. The average molecular weight is 114 g/mol. The van der Waals surface area contributed by atoms with Gasteiger partial charge in [-0.1, -0.05) is 6.42 Å². The summed E-state index contributed by atoms with van der Waals surface area (Å²) in [4.78, 5) is 0. The van der Waals surface area contributed by atoms with E-state index in [1.54, 1.807) is 0 Å². The molecule has 0 aliphatic heterocycles. The van der Waals surface area contributed by atoms with E-state index in [-0.39, 0.29) is 0 Å². The monoisotopic (exact) mass is 114 g/mol. The van der Waals surface area contributed by atoms with Crippen molar-refractivity contribution in [2.24, 2.45) is 0 Å². The molecule has 0 radical (unpaired) electrons. The predicted octanol–water partition coefficient (Wildman–Crippen LogP) is 0.305. The molecule has 1 aliphatic carbocycles. The smallest absolute Gasteiger partial charge is 0.0453 e. The largest absolute Gasteiger partial charge is 0.308 e. The van der Waals surface area contributed by atoms with Gasteiger partial charge in [0, 0.05) is 12.7 Å².